The molecule has 0 amide bonds. The average molecular weight is 1070 g/mol. The molecule has 0 aromatic carbocycles. The molecule has 0 saturated carbocycles. The van der Waals surface area contributed by atoms with Crippen molar-refractivity contribution in [1.82, 2.24) is 0 Å². The maximum Gasteiger partial charge on any atom is 0.308 e. The first-order chi connectivity index (χ1) is 36.6. The van der Waals surface area contributed by atoms with Crippen molar-refractivity contribution in [2.24, 2.45) is 23.7 Å². The average Bonchev–Trinajstić information content (AvgIpc) is 4.32. The molecule has 422 valence electrons. The van der Waals surface area contributed by atoms with Crippen LogP contribution in [0.15, 0.2) is 24.3 Å². The minimum atomic E-state index is -0.911. The van der Waals surface area contributed by atoms with E-state index in [0.29, 0.717) is 64.2 Å². The summed E-state index contributed by atoms with van der Waals surface area (Å²) in [5, 5.41) is 20.6. The zero-order valence-corrected chi connectivity index (χ0v) is 44.7. The molecule has 0 aromatic heterocycles. The Kier molecular flexibility index (Phi) is 12.8. The van der Waals surface area contributed by atoms with Gasteiger partial charge in [0.05, 0.1) is 117 Å². The van der Waals surface area contributed by atoms with Gasteiger partial charge in [-0.25, -0.2) is 0 Å². The molecule has 16 rings (SSSR count). The Bertz CT molecular complexity index is 2270. The molecule has 16 aliphatic rings. The van der Waals surface area contributed by atoms with Crippen molar-refractivity contribution in [3.8, 4) is 0 Å². The molecule has 0 radical (unpaired) electrons. The van der Waals surface area contributed by atoms with E-state index in [0.717, 1.165) is 49.7 Å². The Hall–Kier alpha value is -1.69. The van der Waals surface area contributed by atoms with Crippen LogP contribution < -0.4 is 0 Å². The molecule has 16 fully saturated rings. The second-order valence-electron chi connectivity index (χ2n) is 26.7. The van der Waals surface area contributed by atoms with Crippen LogP contribution in [0.3, 0.4) is 0 Å². The molecule has 18 heteroatoms. The molecule has 16 saturated heterocycles. The molecule has 76 heavy (non-hydrogen) atoms. The fraction of sp³-hybridized carbons (Fsp3) is 0.914. The summed E-state index contributed by atoms with van der Waals surface area (Å²) in [6, 6.07) is 0. The van der Waals surface area contributed by atoms with E-state index < -0.39 is 60.1 Å². The van der Waals surface area contributed by atoms with Crippen molar-refractivity contribution in [2.45, 2.75) is 301 Å². The van der Waals surface area contributed by atoms with E-state index in [1.807, 2.05) is 0 Å². The highest BCUT2D eigenvalue weighted by Crippen LogP contribution is 2.58. The summed E-state index contributed by atoms with van der Waals surface area (Å²) >= 11 is 0. The summed E-state index contributed by atoms with van der Waals surface area (Å²) in [6.07, 6.45) is 3.22. The quantitative estimate of drug-likeness (QED) is 0.258. The standard InChI is InChI=1S/C58H82O18/c1-25-13-31-7-9-35-26(2)14-33(62-35)11-12-56-22-43-52(75-56)53-54(68-43)55(76-56)51-36(66-53)10-8-32(64-51)15-46(61)70-50-30(6)49-40(65-39(50)17-37(63-31)29(25)5)18-38-42(67-49)21-58(71-38)23-44-48(74-58)28(4)20-57(73-44)19-27(3)47-41(72-57)16-34(60)45(24-59)69-47/h25,27-28,30-45,47-55,59-60H,2,5,7-24H2,1,3-4,6H3/t25-,27+,28+,30+,31+,32-,33+,34-,35+,36+,37?,38-,39+,40+,41+,42-,43-,44+,45-,47+,48+,49+,50-,51+,52-,53?,54-,55+,56+,57-,58-/m1/s1. The first kappa shape index (κ1) is 51.2. The lowest BCUT2D eigenvalue weighted by molar-refractivity contribution is -0.371. The largest absolute Gasteiger partial charge is 0.459 e. The number of aliphatic hydroxyl groups is 2. The molecule has 0 aliphatic carbocycles. The number of carbonyl (C=O) groups is 1. The van der Waals surface area contributed by atoms with E-state index in [1.54, 1.807) is 0 Å². The number of carbonyl (C=O) groups excluding carboxylic acids is 1. The van der Waals surface area contributed by atoms with Crippen LogP contribution in [0.1, 0.15) is 137 Å². The zero-order chi connectivity index (χ0) is 51.7. The number of ether oxygens (including phenoxy) is 15. The first-order valence-electron chi connectivity index (χ1n) is 29.7. The van der Waals surface area contributed by atoms with E-state index in [2.05, 4.69) is 40.9 Å². The summed E-state index contributed by atoms with van der Waals surface area (Å²) in [6.45, 7) is 17.6. The van der Waals surface area contributed by atoms with Crippen LogP contribution in [0, 0.1) is 23.7 Å². The van der Waals surface area contributed by atoms with Gasteiger partial charge in [0, 0.05) is 63.7 Å². The van der Waals surface area contributed by atoms with Crippen LogP contribution in [-0.2, 0) is 75.8 Å². The molecule has 2 N–H and O–H groups in total. The molecule has 12 bridgehead atoms. The molecule has 2 unspecified atom stereocenters. The maximum absolute atomic E-state index is 14.5. The van der Waals surface area contributed by atoms with Crippen LogP contribution in [0.4, 0.5) is 0 Å². The molecule has 16 heterocycles. The zero-order valence-electron chi connectivity index (χ0n) is 44.7. The van der Waals surface area contributed by atoms with Gasteiger partial charge >= 0.3 is 5.97 Å². The van der Waals surface area contributed by atoms with E-state index in [4.69, 9.17) is 71.1 Å². The van der Waals surface area contributed by atoms with Gasteiger partial charge in [0.25, 0.3) is 0 Å². The van der Waals surface area contributed by atoms with Crippen LogP contribution in [0.2, 0.25) is 0 Å². The molecular weight excluding hydrogens is 985 g/mol. The maximum atomic E-state index is 14.5. The summed E-state index contributed by atoms with van der Waals surface area (Å²) in [5.41, 5.74) is 2.16. The second-order valence-corrected chi connectivity index (χ2v) is 26.7. The van der Waals surface area contributed by atoms with Crippen molar-refractivity contribution < 1.29 is 86.1 Å². The van der Waals surface area contributed by atoms with Gasteiger partial charge in [-0.3, -0.25) is 4.79 Å². The van der Waals surface area contributed by atoms with Gasteiger partial charge in [0.15, 0.2) is 17.4 Å². The van der Waals surface area contributed by atoms with Crippen LogP contribution in [0.25, 0.3) is 0 Å². The fourth-order valence-electron chi connectivity index (χ4n) is 17.8. The number of hydrogen-bond acceptors (Lipinski definition) is 18. The minimum Gasteiger partial charge on any atom is -0.459 e. The van der Waals surface area contributed by atoms with Crippen molar-refractivity contribution in [2.75, 3.05) is 6.61 Å². The Labute approximate surface area is 446 Å². The van der Waals surface area contributed by atoms with Crippen molar-refractivity contribution in [3.63, 3.8) is 0 Å². The van der Waals surface area contributed by atoms with Gasteiger partial charge in [0.2, 0.25) is 0 Å². The fourth-order valence-corrected chi connectivity index (χ4v) is 17.8. The van der Waals surface area contributed by atoms with Crippen molar-refractivity contribution in [3.05, 3.63) is 24.3 Å². The van der Waals surface area contributed by atoms with Crippen LogP contribution >= 0.6 is 0 Å². The Morgan fingerprint density at radius 2 is 1.16 bits per heavy atom. The summed E-state index contributed by atoms with van der Waals surface area (Å²) in [7, 11) is 0. The normalized spacial score (nSPS) is 59.3. The smallest absolute Gasteiger partial charge is 0.308 e. The highest BCUT2D eigenvalue weighted by molar-refractivity contribution is 5.70. The Morgan fingerprint density at radius 3 is 2.01 bits per heavy atom. The highest BCUT2D eigenvalue weighted by Gasteiger charge is 2.70. The lowest BCUT2D eigenvalue weighted by Gasteiger charge is -2.54. The van der Waals surface area contributed by atoms with Gasteiger partial charge in [0.1, 0.15) is 42.7 Å². The molecule has 3 spiro atoms. The molecule has 16 aliphatic heterocycles. The topological polar surface area (TPSA) is 196 Å². The van der Waals surface area contributed by atoms with Gasteiger partial charge in [-0.15, -0.1) is 0 Å². The Morgan fingerprint density at radius 1 is 0.487 bits per heavy atom. The van der Waals surface area contributed by atoms with Crippen molar-refractivity contribution in [1.29, 1.82) is 0 Å². The van der Waals surface area contributed by atoms with E-state index in [9.17, 15) is 15.0 Å². The summed E-state index contributed by atoms with van der Waals surface area (Å²) < 4.78 is 103. The monoisotopic (exact) mass is 1070 g/mol. The molecule has 18 nitrogen and oxygen atoms in total. The SMILES string of the molecule is C=C1C2C[C@@H]3O[C@H]4C[C@H]5O[C@]6(C[C@@H]7O[C@]8(C[C@H](C)[C@@H]9O[C@H](CO)[C@H](O)C[C@@H]9O8)C[C@H](C)[C@@H]7O6)C[C@H]5O[C@H]4[C@H](C)[C@H]3OC(=O)C[C@H]3CC[C@@H]4OC5[C@H]6O[C@@H]7C[C@](CC[C@H]8CC(=C)[C@H](CC[C@@H](C[C@H]1C)O2)O8)(O[C@H]6[C@H]4O3)O[C@@H]57. The molecule has 0 aromatic rings. The number of aliphatic hydroxyl groups excluding tert-OH is 2. The number of hydrogen-bond donors (Lipinski definition) is 2. The third-order valence-electron chi connectivity index (χ3n) is 21.4. The highest BCUT2D eigenvalue weighted by atomic mass is 16.8. The summed E-state index contributed by atoms with van der Waals surface area (Å²) in [4.78, 5) is 14.5. The number of esters is 1. The number of rotatable bonds is 1. The third kappa shape index (κ3) is 8.56. The Balaban J connectivity index is 0.669. The minimum absolute atomic E-state index is 0.0127. The number of fused-ring (bicyclic) bond motifs is 10. The van der Waals surface area contributed by atoms with Crippen LogP contribution in [0.5, 0.6) is 0 Å². The van der Waals surface area contributed by atoms with Gasteiger partial charge in [-0.2, -0.15) is 0 Å². The molecular formula is C58H82O18. The van der Waals surface area contributed by atoms with Crippen LogP contribution in [-0.4, -0.2) is 187 Å². The lowest BCUT2D eigenvalue weighted by atomic mass is 9.78. The summed E-state index contributed by atoms with van der Waals surface area (Å²) in [5.74, 6) is -2.71. The van der Waals surface area contributed by atoms with Crippen molar-refractivity contribution >= 4 is 5.97 Å². The van der Waals surface area contributed by atoms with E-state index in [-0.39, 0.29) is 146 Å². The van der Waals surface area contributed by atoms with Gasteiger partial charge in [-0.05, 0) is 73.8 Å². The van der Waals surface area contributed by atoms with Gasteiger partial charge < -0.3 is 81.3 Å². The predicted molar refractivity (Wildman–Crippen MR) is 263 cm³/mol. The van der Waals surface area contributed by atoms with E-state index >= 15 is 0 Å². The first-order valence-corrected chi connectivity index (χ1v) is 29.7. The lowest BCUT2D eigenvalue weighted by Crippen LogP contribution is -2.62. The van der Waals surface area contributed by atoms with Gasteiger partial charge in [-0.1, -0.05) is 40.9 Å². The van der Waals surface area contributed by atoms with E-state index in [1.165, 1.54) is 0 Å². The molecule has 31 atom stereocenters. The third-order valence-corrected chi connectivity index (χ3v) is 21.4. The second kappa shape index (κ2) is 18.9. The predicted octanol–water partition coefficient (Wildman–Crippen LogP) is 5.17.